The highest BCUT2D eigenvalue weighted by Crippen LogP contribution is 2.27. The van der Waals surface area contributed by atoms with Gasteiger partial charge < -0.3 is 9.47 Å². The quantitative estimate of drug-likeness (QED) is 0.414. The van der Waals surface area contributed by atoms with Crippen molar-refractivity contribution in [3.63, 3.8) is 0 Å². The molecule has 0 heterocycles. The number of benzene rings is 2. The molecule has 3 rings (SSSR count). The van der Waals surface area contributed by atoms with E-state index in [4.69, 9.17) is 9.47 Å². The van der Waals surface area contributed by atoms with E-state index < -0.39 is 17.9 Å². The Morgan fingerprint density at radius 1 is 0.852 bits per heavy atom. The van der Waals surface area contributed by atoms with Crippen LogP contribution in [0.2, 0.25) is 0 Å². The summed E-state index contributed by atoms with van der Waals surface area (Å²) in [6.45, 7) is 0.303. The van der Waals surface area contributed by atoms with Crippen molar-refractivity contribution in [3.8, 4) is 0 Å². The van der Waals surface area contributed by atoms with Gasteiger partial charge in [-0.05, 0) is 30.4 Å². The lowest BCUT2D eigenvalue weighted by Crippen LogP contribution is -2.34. The Balaban J connectivity index is 1.65. The lowest BCUT2D eigenvalue weighted by Gasteiger charge is -2.24. The normalized spacial score (nSPS) is 16.1. The van der Waals surface area contributed by atoms with E-state index in [0.717, 1.165) is 30.4 Å². The summed E-state index contributed by atoms with van der Waals surface area (Å²) < 4.78 is 10.9. The molecule has 0 N–H and O–H groups in total. The van der Waals surface area contributed by atoms with E-state index >= 15 is 0 Å². The number of esters is 2. The van der Waals surface area contributed by atoms with Gasteiger partial charge in [0.05, 0.1) is 0 Å². The smallest absolute Gasteiger partial charge is 0.321 e. The van der Waals surface area contributed by atoms with Crippen LogP contribution in [-0.4, -0.2) is 11.9 Å². The molecule has 0 unspecified atom stereocenters. The first-order valence-electron chi connectivity index (χ1n) is 9.32. The molecule has 1 aliphatic carbocycles. The second-order valence-corrected chi connectivity index (χ2v) is 6.69. The van der Waals surface area contributed by atoms with Crippen LogP contribution in [0.15, 0.2) is 72.8 Å². The number of carbonyl (C=O) groups excluding carboxylic acids is 2. The van der Waals surface area contributed by atoms with E-state index in [9.17, 15) is 9.59 Å². The van der Waals surface area contributed by atoms with Gasteiger partial charge in [0.25, 0.3) is 0 Å². The predicted molar refractivity (Wildman–Crippen MR) is 102 cm³/mol. The molecule has 0 saturated carbocycles. The van der Waals surface area contributed by atoms with Crippen LogP contribution >= 0.6 is 0 Å². The average Bonchev–Trinajstić information content (AvgIpc) is 2.73. The average molecular weight is 364 g/mol. The topological polar surface area (TPSA) is 52.6 Å². The highest BCUT2D eigenvalue weighted by Gasteiger charge is 2.36. The summed E-state index contributed by atoms with van der Waals surface area (Å²) in [7, 11) is 0. The van der Waals surface area contributed by atoms with Crippen LogP contribution in [0.4, 0.5) is 0 Å². The Morgan fingerprint density at radius 2 is 1.37 bits per heavy atom. The van der Waals surface area contributed by atoms with Gasteiger partial charge in [-0.15, -0.1) is 0 Å². The molecule has 0 radical (unpaired) electrons. The van der Waals surface area contributed by atoms with Crippen LogP contribution in [0.25, 0.3) is 0 Å². The third kappa shape index (κ3) is 5.55. The van der Waals surface area contributed by atoms with Crippen LogP contribution < -0.4 is 0 Å². The van der Waals surface area contributed by atoms with Crippen LogP contribution in [0.1, 0.15) is 30.4 Å². The number of ether oxygens (including phenoxy) is 2. The zero-order valence-corrected chi connectivity index (χ0v) is 15.3. The largest absolute Gasteiger partial charge is 0.460 e. The minimum atomic E-state index is -0.922. The summed E-state index contributed by atoms with van der Waals surface area (Å²) in [6.07, 6.45) is 6.68. The lowest BCUT2D eigenvalue weighted by atomic mass is 9.84. The molecular weight excluding hydrogens is 340 g/mol. The van der Waals surface area contributed by atoms with Gasteiger partial charge in [-0.3, -0.25) is 9.59 Å². The maximum Gasteiger partial charge on any atom is 0.321 e. The fourth-order valence-electron chi connectivity index (χ4n) is 3.20. The number of rotatable bonds is 7. The maximum atomic E-state index is 12.7. The van der Waals surface area contributed by atoms with Crippen molar-refractivity contribution in [1.29, 1.82) is 0 Å². The molecule has 4 nitrogen and oxygen atoms in total. The molecule has 2 aromatic carbocycles. The monoisotopic (exact) mass is 364 g/mol. The minimum Gasteiger partial charge on any atom is -0.460 e. The fourth-order valence-corrected chi connectivity index (χ4v) is 3.20. The molecule has 140 valence electrons. The van der Waals surface area contributed by atoms with Crippen LogP contribution in [0.5, 0.6) is 0 Å². The van der Waals surface area contributed by atoms with Crippen LogP contribution in [0.3, 0.4) is 0 Å². The van der Waals surface area contributed by atoms with E-state index in [0.29, 0.717) is 0 Å². The standard InChI is InChI=1S/C23H24O4/c24-22(26-16-18-10-4-1-5-11-18)21(20-14-8-3-9-15-20)23(25)27-17-19-12-6-2-7-13-19/h1-2,4-8,10-14,20-21H,3,9,15-17H2/t20-/m1/s1. The molecule has 0 saturated heterocycles. The van der Waals surface area contributed by atoms with Crippen molar-refractivity contribution < 1.29 is 19.1 Å². The van der Waals surface area contributed by atoms with Crippen LogP contribution in [-0.2, 0) is 32.3 Å². The predicted octanol–water partition coefficient (Wildman–Crippen LogP) is 4.45. The molecule has 1 aliphatic rings. The van der Waals surface area contributed by atoms with E-state index in [2.05, 4.69) is 0 Å². The molecule has 4 heteroatoms. The first-order chi connectivity index (χ1) is 13.2. The van der Waals surface area contributed by atoms with Crippen molar-refractivity contribution in [2.45, 2.75) is 32.5 Å². The fraction of sp³-hybridized carbons (Fsp3) is 0.304. The van der Waals surface area contributed by atoms with Gasteiger partial charge in [-0.2, -0.15) is 0 Å². The molecule has 2 aromatic rings. The maximum absolute atomic E-state index is 12.7. The van der Waals surface area contributed by atoms with Gasteiger partial charge in [-0.1, -0.05) is 72.8 Å². The van der Waals surface area contributed by atoms with E-state index in [1.165, 1.54) is 0 Å². The third-order valence-electron chi connectivity index (χ3n) is 4.68. The SMILES string of the molecule is O=C(OCc1ccccc1)C(C(=O)OCc1ccccc1)[C@@H]1C=CCCC1. The van der Waals surface area contributed by atoms with Gasteiger partial charge in [0.1, 0.15) is 13.2 Å². The van der Waals surface area contributed by atoms with Crippen molar-refractivity contribution in [2.24, 2.45) is 11.8 Å². The molecule has 0 spiro atoms. The Labute approximate surface area is 159 Å². The van der Waals surface area contributed by atoms with Gasteiger partial charge in [0.2, 0.25) is 0 Å². The summed E-state index contributed by atoms with van der Waals surface area (Å²) in [4.78, 5) is 25.4. The highest BCUT2D eigenvalue weighted by molar-refractivity contribution is 5.95. The second-order valence-electron chi connectivity index (χ2n) is 6.69. The minimum absolute atomic E-state index is 0.151. The van der Waals surface area contributed by atoms with E-state index in [1.54, 1.807) is 0 Å². The summed E-state index contributed by atoms with van der Waals surface area (Å²) in [5.74, 6) is -2.14. The van der Waals surface area contributed by atoms with Gasteiger partial charge >= 0.3 is 11.9 Å². The van der Waals surface area contributed by atoms with Crippen molar-refractivity contribution >= 4 is 11.9 Å². The zero-order chi connectivity index (χ0) is 18.9. The first-order valence-corrected chi connectivity index (χ1v) is 9.32. The van der Waals surface area contributed by atoms with E-state index in [1.807, 2.05) is 72.8 Å². The number of carbonyl (C=O) groups is 2. The second kappa shape index (κ2) is 9.72. The third-order valence-corrected chi connectivity index (χ3v) is 4.68. The number of allylic oxidation sites excluding steroid dienone is 2. The number of hydrogen-bond acceptors (Lipinski definition) is 4. The Kier molecular flexibility index (Phi) is 6.80. The Bertz CT molecular complexity index is 712. The van der Waals surface area contributed by atoms with Crippen molar-refractivity contribution in [2.75, 3.05) is 0 Å². The molecule has 0 aromatic heterocycles. The summed E-state index contributed by atoms with van der Waals surface area (Å²) in [6, 6.07) is 18.9. The lowest BCUT2D eigenvalue weighted by molar-refractivity contribution is -0.166. The molecule has 0 bridgehead atoms. The molecule has 27 heavy (non-hydrogen) atoms. The Hall–Kier alpha value is -2.88. The summed E-state index contributed by atoms with van der Waals surface area (Å²) >= 11 is 0. The van der Waals surface area contributed by atoms with Gasteiger partial charge in [-0.25, -0.2) is 0 Å². The highest BCUT2D eigenvalue weighted by atomic mass is 16.6. The molecule has 1 atom stereocenters. The number of hydrogen-bond donors (Lipinski definition) is 0. The summed E-state index contributed by atoms with van der Waals surface area (Å²) in [5, 5.41) is 0. The first kappa shape index (κ1) is 18.9. The molecule has 0 amide bonds. The summed E-state index contributed by atoms with van der Waals surface area (Å²) in [5.41, 5.74) is 1.78. The zero-order valence-electron chi connectivity index (χ0n) is 15.3. The van der Waals surface area contributed by atoms with Gasteiger partial charge in [0.15, 0.2) is 5.92 Å². The molecule has 0 fully saturated rings. The van der Waals surface area contributed by atoms with E-state index in [-0.39, 0.29) is 19.1 Å². The van der Waals surface area contributed by atoms with Gasteiger partial charge in [0, 0.05) is 5.92 Å². The molecular formula is C23H24O4. The van der Waals surface area contributed by atoms with Crippen molar-refractivity contribution in [1.82, 2.24) is 0 Å². The van der Waals surface area contributed by atoms with Crippen LogP contribution in [0, 0.1) is 11.8 Å². The Morgan fingerprint density at radius 3 is 1.81 bits per heavy atom. The van der Waals surface area contributed by atoms with Crippen molar-refractivity contribution in [3.05, 3.63) is 83.9 Å². The molecule has 0 aliphatic heterocycles.